The molecule has 0 aromatic heterocycles. The van der Waals surface area contributed by atoms with Crippen LogP contribution in [0.2, 0.25) is 5.02 Å². The first-order valence-electron chi connectivity index (χ1n) is 9.70. The zero-order valence-corrected chi connectivity index (χ0v) is 16.4. The molecule has 4 amide bonds. The van der Waals surface area contributed by atoms with E-state index < -0.39 is 17.4 Å². The van der Waals surface area contributed by atoms with Crippen molar-refractivity contribution in [1.82, 2.24) is 15.5 Å². The Bertz CT molecular complexity index is 857. The standard InChI is InChI=1S/C20H23ClFN3O3/c1-11-10-25(9-7-12-2-5-14(21)17(22)16(11)12)15(26)6-8-20(13-3-4-13)18(27)23-19(28)24-20/h2,5,11,13H,3-4,6-10H2,1H3,(H2,23,24,27,28)/t11-,20-/m0/s1. The van der Waals surface area contributed by atoms with Gasteiger partial charge in [0.15, 0.2) is 0 Å². The molecule has 150 valence electrons. The summed E-state index contributed by atoms with van der Waals surface area (Å²) in [4.78, 5) is 38.6. The minimum Gasteiger partial charge on any atom is -0.342 e. The topological polar surface area (TPSA) is 78.5 Å². The Labute approximate surface area is 167 Å². The summed E-state index contributed by atoms with van der Waals surface area (Å²) in [6.45, 7) is 2.78. The van der Waals surface area contributed by atoms with Gasteiger partial charge in [-0.15, -0.1) is 0 Å². The van der Waals surface area contributed by atoms with Crippen LogP contribution in [0.4, 0.5) is 9.18 Å². The molecule has 0 bridgehead atoms. The van der Waals surface area contributed by atoms with E-state index in [4.69, 9.17) is 11.6 Å². The van der Waals surface area contributed by atoms with E-state index in [0.29, 0.717) is 25.1 Å². The van der Waals surface area contributed by atoms with Crippen LogP contribution in [-0.4, -0.2) is 41.4 Å². The van der Waals surface area contributed by atoms with Crippen LogP contribution in [0.3, 0.4) is 0 Å². The molecule has 1 aromatic carbocycles. The van der Waals surface area contributed by atoms with E-state index >= 15 is 0 Å². The molecule has 2 fully saturated rings. The molecule has 28 heavy (non-hydrogen) atoms. The van der Waals surface area contributed by atoms with Crippen LogP contribution in [0.1, 0.15) is 49.7 Å². The monoisotopic (exact) mass is 407 g/mol. The number of urea groups is 1. The fourth-order valence-electron chi connectivity index (χ4n) is 4.56. The SMILES string of the molecule is C[C@H]1CN(C(=O)CC[C@@]2(C3CC3)NC(=O)NC2=O)CCc2ccc(Cl)c(F)c21. The quantitative estimate of drug-likeness (QED) is 0.753. The van der Waals surface area contributed by atoms with E-state index in [9.17, 15) is 18.8 Å². The van der Waals surface area contributed by atoms with Gasteiger partial charge >= 0.3 is 6.03 Å². The Kier molecular flexibility index (Phi) is 4.81. The average Bonchev–Trinajstić information content (AvgIpc) is 3.46. The number of hydrogen-bond acceptors (Lipinski definition) is 3. The third-order valence-corrected chi connectivity index (χ3v) is 6.48. The first kappa shape index (κ1) is 19.2. The van der Waals surface area contributed by atoms with Crippen LogP contribution in [0, 0.1) is 11.7 Å². The third-order valence-electron chi connectivity index (χ3n) is 6.19. The number of imide groups is 1. The number of nitrogens with zero attached hydrogens (tertiary/aromatic N) is 1. The molecule has 0 spiro atoms. The highest BCUT2D eigenvalue weighted by molar-refractivity contribution is 6.30. The highest BCUT2D eigenvalue weighted by Gasteiger charge is 2.55. The zero-order valence-electron chi connectivity index (χ0n) is 15.7. The Hall–Kier alpha value is -2.15. The third kappa shape index (κ3) is 3.26. The number of amides is 4. The van der Waals surface area contributed by atoms with Crippen molar-refractivity contribution >= 4 is 29.4 Å². The molecule has 4 rings (SSSR count). The average molecular weight is 408 g/mol. The number of halogens is 2. The van der Waals surface area contributed by atoms with Crippen molar-refractivity contribution in [2.24, 2.45) is 5.92 Å². The minimum atomic E-state index is -0.965. The van der Waals surface area contributed by atoms with Gasteiger partial charge in [-0.1, -0.05) is 24.6 Å². The van der Waals surface area contributed by atoms with E-state index in [2.05, 4.69) is 10.6 Å². The van der Waals surface area contributed by atoms with Crippen molar-refractivity contribution < 1.29 is 18.8 Å². The summed E-state index contributed by atoms with van der Waals surface area (Å²) >= 11 is 5.93. The van der Waals surface area contributed by atoms with E-state index in [-0.39, 0.29) is 41.5 Å². The smallest absolute Gasteiger partial charge is 0.322 e. The van der Waals surface area contributed by atoms with Crippen molar-refractivity contribution in [3.63, 3.8) is 0 Å². The minimum absolute atomic E-state index is 0.0832. The zero-order chi connectivity index (χ0) is 20.1. The maximum absolute atomic E-state index is 14.5. The van der Waals surface area contributed by atoms with Gasteiger partial charge in [-0.05, 0) is 48.8 Å². The second-order valence-electron chi connectivity index (χ2n) is 8.08. The van der Waals surface area contributed by atoms with Gasteiger partial charge in [-0.25, -0.2) is 9.18 Å². The lowest BCUT2D eigenvalue weighted by molar-refractivity contribution is -0.132. The second-order valence-corrected chi connectivity index (χ2v) is 8.49. The van der Waals surface area contributed by atoms with Crippen LogP contribution in [0.15, 0.2) is 12.1 Å². The van der Waals surface area contributed by atoms with Gasteiger partial charge in [0, 0.05) is 25.4 Å². The Morgan fingerprint density at radius 2 is 2.11 bits per heavy atom. The predicted molar refractivity (Wildman–Crippen MR) is 101 cm³/mol. The maximum atomic E-state index is 14.5. The molecule has 1 saturated carbocycles. The number of carbonyl (C=O) groups excluding carboxylic acids is 3. The molecule has 1 aromatic rings. The van der Waals surface area contributed by atoms with Gasteiger partial charge < -0.3 is 10.2 Å². The first-order chi connectivity index (χ1) is 13.3. The highest BCUT2D eigenvalue weighted by atomic mass is 35.5. The Morgan fingerprint density at radius 1 is 1.36 bits per heavy atom. The van der Waals surface area contributed by atoms with Gasteiger partial charge in [0.25, 0.3) is 5.91 Å². The molecular formula is C20H23ClFN3O3. The van der Waals surface area contributed by atoms with E-state index in [1.165, 1.54) is 0 Å². The van der Waals surface area contributed by atoms with E-state index in [0.717, 1.165) is 18.4 Å². The predicted octanol–water partition coefficient (Wildman–Crippen LogP) is 2.74. The number of benzene rings is 1. The molecule has 2 heterocycles. The lowest BCUT2D eigenvalue weighted by Crippen LogP contribution is -2.50. The summed E-state index contributed by atoms with van der Waals surface area (Å²) in [5.41, 5.74) is 0.494. The van der Waals surface area contributed by atoms with Crippen LogP contribution < -0.4 is 10.6 Å². The summed E-state index contributed by atoms with van der Waals surface area (Å²) in [6.07, 6.45) is 2.75. The normalized spacial score (nSPS) is 27.1. The summed E-state index contributed by atoms with van der Waals surface area (Å²) in [7, 11) is 0. The Balaban J connectivity index is 1.45. The highest BCUT2D eigenvalue weighted by Crippen LogP contribution is 2.44. The van der Waals surface area contributed by atoms with Crippen molar-refractivity contribution in [2.45, 2.75) is 50.5 Å². The van der Waals surface area contributed by atoms with E-state index in [1.807, 2.05) is 13.0 Å². The fraction of sp³-hybridized carbons (Fsp3) is 0.550. The van der Waals surface area contributed by atoms with Gasteiger partial charge in [0.1, 0.15) is 11.4 Å². The molecule has 1 saturated heterocycles. The molecule has 0 unspecified atom stereocenters. The molecule has 2 atom stereocenters. The van der Waals surface area contributed by atoms with Crippen LogP contribution >= 0.6 is 11.6 Å². The first-order valence-corrected chi connectivity index (χ1v) is 10.1. The number of nitrogens with one attached hydrogen (secondary N) is 2. The summed E-state index contributed by atoms with van der Waals surface area (Å²) < 4.78 is 14.5. The van der Waals surface area contributed by atoms with Gasteiger partial charge in [0.05, 0.1) is 5.02 Å². The fourth-order valence-corrected chi connectivity index (χ4v) is 4.73. The Morgan fingerprint density at radius 3 is 2.75 bits per heavy atom. The molecule has 3 aliphatic rings. The number of carbonyl (C=O) groups is 3. The second kappa shape index (κ2) is 7.03. The lowest BCUT2D eigenvalue weighted by atomic mass is 9.87. The van der Waals surface area contributed by atoms with Gasteiger partial charge in [-0.3, -0.25) is 14.9 Å². The van der Waals surface area contributed by atoms with Crippen molar-refractivity contribution in [3.05, 3.63) is 34.1 Å². The van der Waals surface area contributed by atoms with E-state index in [1.54, 1.807) is 11.0 Å². The number of fused-ring (bicyclic) bond motifs is 1. The summed E-state index contributed by atoms with van der Waals surface area (Å²) in [5, 5.41) is 5.15. The van der Waals surface area contributed by atoms with Crippen LogP contribution in [0.25, 0.3) is 0 Å². The lowest BCUT2D eigenvalue weighted by Gasteiger charge is -2.28. The largest absolute Gasteiger partial charge is 0.342 e. The van der Waals surface area contributed by atoms with Crippen LogP contribution in [0.5, 0.6) is 0 Å². The summed E-state index contributed by atoms with van der Waals surface area (Å²) in [6, 6.07) is 2.89. The molecule has 0 radical (unpaired) electrons. The molecule has 8 heteroatoms. The molecular weight excluding hydrogens is 385 g/mol. The van der Waals surface area contributed by atoms with Crippen molar-refractivity contribution in [3.8, 4) is 0 Å². The van der Waals surface area contributed by atoms with Crippen molar-refractivity contribution in [1.29, 1.82) is 0 Å². The maximum Gasteiger partial charge on any atom is 0.322 e. The molecule has 2 N–H and O–H groups in total. The number of rotatable bonds is 4. The molecule has 1 aliphatic carbocycles. The molecule has 6 nitrogen and oxygen atoms in total. The van der Waals surface area contributed by atoms with Gasteiger partial charge in [-0.2, -0.15) is 0 Å². The molecule has 2 aliphatic heterocycles. The van der Waals surface area contributed by atoms with Crippen LogP contribution in [-0.2, 0) is 16.0 Å². The van der Waals surface area contributed by atoms with Gasteiger partial charge in [0.2, 0.25) is 5.91 Å². The number of hydrogen-bond donors (Lipinski definition) is 2. The summed E-state index contributed by atoms with van der Waals surface area (Å²) in [5.74, 6) is -0.900. The van der Waals surface area contributed by atoms with Crippen molar-refractivity contribution in [2.75, 3.05) is 13.1 Å².